The monoisotopic (exact) mass is 287 g/mol. The number of nitrogens with one attached hydrogen (secondary N) is 1. The SMILES string of the molecule is CNc1nnc(SCI)s1. The molecule has 0 unspecified atom stereocenters. The molecule has 0 aromatic carbocycles. The van der Waals surface area contributed by atoms with Crippen molar-refractivity contribution in [2.45, 2.75) is 4.34 Å². The van der Waals surface area contributed by atoms with Gasteiger partial charge in [0.1, 0.15) is 0 Å². The Morgan fingerprint density at radius 3 is 3.00 bits per heavy atom. The molecule has 0 bridgehead atoms. The Morgan fingerprint density at radius 1 is 1.70 bits per heavy atom. The summed E-state index contributed by atoms with van der Waals surface area (Å²) in [5, 5.41) is 11.6. The van der Waals surface area contributed by atoms with Gasteiger partial charge in [-0.2, -0.15) is 0 Å². The third kappa shape index (κ3) is 2.24. The van der Waals surface area contributed by atoms with Gasteiger partial charge in [0, 0.05) is 7.05 Å². The molecule has 1 heterocycles. The zero-order valence-electron chi connectivity index (χ0n) is 5.30. The minimum absolute atomic E-state index is 0.882. The molecule has 0 radical (unpaired) electrons. The highest BCUT2D eigenvalue weighted by Gasteiger charge is 2.00. The molecule has 0 saturated heterocycles. The Labute approximate surface area is 81.1 Å². The van der Waals surface area contributed by atoms with E-state index in [1.54, 1.807) is 23.1 Å². The fraction of sp³-hybridized carbons (Fsp3) is 0.500. The second-order valence-corrected chi connectivity index (χ2v) is 5.37. The lowest BCUT2D eigenvalue weighted by atomic mass is 11.1. The van der Waals surface area contributed by atoms with Crippen molar-refractivity contribution in [3.05, 3.63) is 0 Å². The van der Waals surface area contributed by atoms with Crippen molar-refractivity contribution in [1.29, 1.82) is 0 Å². The first-order chi connectivity index (χ1) is 4.86. The molecule has 6 heteroatoms. The molecule has 0 saturated carbocycles. The summed E-state index contributed by atoms with van der Waals surface area (Å²) in [7, 11) is 1.85. The average Bonchev–Trinajstić information content (AvgIpc) is 2.37. The third-order valence-electron chi connectivity index (χ3n) is 0.798. The van der Waals surface area contributed by atoms with Crippen LogP contribution in [0, 0.1) is 0 Å². The van der Waals surface area contributed by atoms with Gasteiger partial charge in [0.15, 0.2) is 4.34 Å². The van der Waals surface area contributed by atoms with E-state index in [1.807, 2.05) is 7.05 Å². The molecular weight excluding hydrogens is 281 g/mol. The van der Waals surface area contributed by atoms with Crippen molar-refractivity contribution >= 4 is 50.8 Å². The van der Waals surface area contributed by atoms with Gasteiger partial charge >= 0.3 is 0 Å². The number of hydrogen-bond acceptors (Lipinski definition) is 5. The fourth-order valence-electron chi connectivity index (χ4n) is 0.416. The van der Waals surface area contributed by atoms with Gasteiger partial charge in [-0.05, 0) is 0 Å². The number of hydrogen-bond donors (Lipinski definition) is 1. The smallest absolute Gasteiger partial charge is 0.206 e. The number of thioether (sulfide) groups is 1. The van der Waals surface area contributed by atoms with Crippen LogP contribution in [0.25, 0.3) is 0 Å². The minimum Gasteiger partial charge on any atom is -0.363 e. The Balaban J connectivity index is 2.59. The number of aromatic nitrogens is 2. The summed E-state index contributed by atoms with van der Waals surface area (Å²) in [6.45, 7) is 0. The molecule has 0 amide bonds. The van der Waals surface area contributed by atoms with Crippen molar-refractivity contribution in [3.8, 4) is 0 Å². The zero-order valence-corrected chi connectivity index (χ0v) is 9.09. The number of anilines is 1. The highest BCUT2D eigenvalue weighted by Crippen LogP contribution is 2.25. The van der Waals surface area contributed by atoms with E-state index in [2.05, 4.69) is 38.1 Å². The standard InChI is InChI=1S/C4H6IN3S2/c1-6-3-7-8-4(10-3)9-2-5/h2H2,1H3,(H,6,7). The molecule has 10 heavy (non-hydrogen) atoms. The van der Waals surface area contributed by atoms with E-state index < -0.39 is 0 Å². The quantitative estimate of drug-likeness (QED) is 0.524. The molecule has 0 aliphatic carbocycles. The molecule has 1 N–H and O–H groups in total. The van der Waals surface area contributed by atoms with Crippen LogP contribution < -0.4 is 5.32 Å². The highest BCUT2D eigenvalue weighted by atomic mass is 127. The van der Waals surface area contributed by atoms with Crippen molar-refractivity contribution in [2.24, 2.45) is 0 Å². The largest absolute Gasteiger partial charge is 0.363 e. The molecular formula is C4H6IN3S2. The van der Waals surface area contributed by atoms with Gasteiger partial charge in [-0.25, -0.2) is 0 Å². The van der Waals surface area contributed by atoms with Gasteiger partial charge in [0.25, 0.3) is 0 Å². The summed E-state index contributed by atoms with van der Waals surface area (Å²) >= 11 is 5.58. The van der Waals surface area contributed by atoms with Crippen molar-refractivity contribution in [3.63, 3.8) is 0 Å². The van der Waals surface area contributed by atoms with E-state index >= 15 is 0 Å². The molecule has 56 valence electrons. The number of rotatable bonds is 3. The van der Waals surface area contributed by atoms with Crippen LogP contribution >= 0.6 is 45.7 Å². The van der Waals surface area contributed by atoms with Crippen LogP contribution in [-0.2, 0) is 0 Å². The molecule has 0 atom stereocenters. The van der Waals surface area contributed by atoms with Crippen LogP contribution in [0.4, 0.5) is 5.13 Å². The summed E-state index contributed by atoms with van der Waals surface area (Å²) in [6.07, 6.45) is 0. The topological polar surface area (TPSA) is 37.8 Å². The normalized spacial score (nSPS) is 9.80. The predicted octanol–water partition coefficient (Wildman–Crippen LogP) is 2.06. The van der Waals surface area contributed by atoms with E-state index in [0.717, 1.165) is 13.2 Å². The van der Waals surface area contributed by atoms with E-state index in [0.29, 0.717) is 0 Å². The second-order valence-electron chi connectivity index (χ2n) is 1.38. The maximum atomic E-state index is 3.94. The van der Waals surface area contributed by atoms with Gasteiger partial charge in [0.2, 0.25) is 5.13 Å². The van der Waals surface area contributed by atoms with Gasteiger partial charge in [0.05, 0.1) is 3.76 Å². The Hall–Kier alpha value is 0.440. The molecule has 3 nitrogen and oxygen atoms in total. The Morgan fingerprint density at radius 2 is 2.50 bits per heavy atom. The molecule has 0 fully saturated rings. The average molecular weight is 287 g/mol. The van der Waals surface area contributed by atoms with Gasteiger partial charge in [-0.3, -0.25) is 0 Å². The van der Waals surface area contributed by atoms with Crippen molar-refractivity contribution in [2.75, 3.05) is 16.1 Å². The van der Waals surface area contributed by atoms with Gasteiger partial charge < -0.3 is 5.32 Å². The fourth-order valence-corrected chi connectivity index (χ4v) is 3.21. The maximum Gasteiger partial charge on any atom is 0.206 e. The number of nitrogens with zero attached hydrogens (tertiary/aromatic N) is 2. The van der Waals surface area contributed by atoms with Crippen LogP contribution in [0.3, 0.4) is 0 Å². The van der Waals surface area contributed by atoms with Crippen LogP contribution in [0.5, 0.6) is 0 Å². The third-order valence-corrected chi connectivity index (χ3v) is 3.51. The number of alkyl halides is 1. The maximum absolute atomic E-state index is 3.94. The summed E-state index contributed by atoms with van der Waals surface area (Å²) in [4.78, 5) is 0. The van der Waals surface area contributed by atoms with Gasteiger partial charge in [-0.1, -0.05) is 45.7 Å². The summed E-state index contributed by atoms with van der Waals surface area (Å²) in [5.74, 6) is 0. The molecule has 1 rings (SSSR count). The summed E-state index contributed by atoms with van der Waals surface area (Å²) in [5.41, 5.74) is 0. The van der Waals surface area contributed by atoms with Gasteiger partial charge in [-0.15, -0.1) is 10.2 Å². The molecule has 1 aromatic rings. The van der Waals surface area contributed by atoms with Crippen LogP contribution in [0.2, 0.25) is 0 Å². The van der Waals surface area contributed by atoms with Crippen molar-refractivity contribution in [1.82, 2.24) is 10.2 Å². The van der Waals surface area contributed by atoms with E-state index in [4.69, 9.17) is 0 Å². The second kappa shape index (κ2) is 4.35. The van der Waals surface area contributed by atoms with E-state index in [9.17, 15) is 0 Å². The van der Waals surface area contributed by atoms with E-state index in [-0.39, 0.29) is 0 Å². The van der Waals surface area contributed by atoms with Crippen LogP contribution in [-0.4, -0.2) is 21.0 Å². The van der Waals surface area contributed by atoms with Crippen molar-refractivity contribution < 1.29 is 0 Å². The molecule has 1 aromatic heterocycles. The lowest BCUT2D eigenvalue weighted by Gasteiger charge is -1.85. The predicted molar refractivity (Wildman–Crippen MR) is 54.2 cm³/mol. The lowest BCUT2D eigenvalue weighted by molar-refractivity contribution is 1.01. The number of halogens is 1. The summed E-state index contributed by atoms with van der Waals surface area (Å²) < 4.78 is 2.05. The van der Waals surface area contributed by atoms with E-state index in [1.165, 1.54) is 0 Å². The first kappa shape index (κ1) is 8.54. The Bertz CT molecular complexity index is 202. The molecule has 0 aliphatic rings. The first-order valence-corrected chi connectivity index (χ1v) is 5.89. The minimum atomic E-state index is 0.882. The molecule has 0 spiro atoms. The summed E-state index contributed by atoms with van der Waals surface area (Å²) in [6, 6.07) is 0. The first-order valence-electron chi connectivity index (χ1n) is 2.57. The lowest BCUT2D eigenvalue weighted by Crippen LogP contribution is -1.84. The Kier molecular flexibility index (Phi) is 3.71. The highest BCUT2D eigenvalue weighted by molar-refractivity contribution is 14.1. The van der Waals surface area contributed by atoms with Crippen LogP contribution in [0.15, 0.2) is 4.34 Å². The molecule has 0 aliphatic heterocycles. The van der Waals surface area contributed by atoms with Crippen LogP contribution in [0.1, 0.15) is 0 Å². The zero-order chi connectivity index (χ0) is 7.40.